The average Bonchev–Trinajstić information content (AvgIpc) is 3.12. The van der Waals surface area contributed by atoms with E-state index in [0.29, 0.717) is 5.82 Å². The Morgan fingerprint density at radius 3 is 2.65 bits per heavy atom. The first-order valence-electron chi connectivity index (χ1n) is 8.23. The first-order valence-corrected chi connectivity index (χ1v) is 8.23. The van der Waals surface area contributed by atoms with Crippen molar-refractivity contribution in [2.45, 2.75) is 27.7 Å². The molecule has 0 atom stereocenters. The molecule has 0 unspecified atom stereocenters. The van der Waals surface area contributed by atoms with Gasteiger partial charge in [0.1, 0.15) is 11.6 Å². The Morgan fingerprint density at radius 1 is 1.19 bits per heavy atom. The quantitative estimate of drug-likeness (QED) is 0.703. The molecular formula is C20H20FN3O2. The lowest BCUT2D eigenvalue weighted by atomic mass is 10.2. The van der Waals surface area contributed by atoms with Crippen LogP contribution < -0.4 is 5.32 Å². The zero-order chi connectivity index (χ0) is 18.8. The van der Waals surface area contributed by atoms with E-state index in [9.17, 15) is 9.18 Å². The van der Waals surface area contributed by atoms with E-state index in [1.165, 1.54) is 12.1 Å². The molecule has 0 aliphatic rings. The fourth-order valence-corrected chi connectivity index (χ4v) is 2.84. The topological polar surface area (TPSA) is 60.1 Å². The number of aromatic nitrogens is 2. The molecule has 3 aromatic rings. The summed E-state index contributed by atoms with van der Waals surface area (Å²) in [6, 6.07) is 8.39. The Bertz CT molecular complexity index is 999. The minimum atomic E-state index is -0.461. The van der Waals surface area contributed by atoms with E-state index in [0.717, 1.165) is 28.3 Å². The summed E-state index contributed by atoms with van der Waals surface area (Å²) in [5.41, 5.74) is 3.82. The van der Waals surface area contributed by atoms with Crippen LogP contribution in [0.3, 0.4) is 0 Å². The zero-order valence-corrected chi connectivity index (χ0v) is 15.1. The van der Waals surface area contributed by atoms with Crippen LogP contribution in [0.4, 0.5) is 10.1 Å². The lowest BCUT2D eigenvalue weighted by molar-refractivity contribution is -0.111. The summed E-state index contributed by atoms with van der Waals surface area (Å²) in [6.07, 6.45) is 3.09. The van der Waals surface area contributed by atoms with Crippen LogP contribution in [0.15, 0.2) is 40.9 Å². The number of amides is 1. The molecule has 2 aromatic heterocycles. The average molecular weight is 353 g/mol. The van der Waals surface area contributed by atoms with Gasteiger partial charge in [-0.1, -0.05) is 11.2 Å². The fourth-order valence-electron chi connectivity index (χ4n) is 2.84. The predicted molar refractivity (Wildman–Crippen MR) is 98.8 cm³/mol. The number of hydrogen-bond acceptors (Lipinski definition) is 3. The van der Waals surface area contributed by atoms with Crippen molar-refractivity contribution in [2.75, 3.05) is 5.32 Å². The maximum atomic E-state index is 13.7. The second-order valence-corrected chi connectivity index (χ2v) is 6.26. The molecule has 1 N–H and O–H groups in total. The van der Waals surface area contributed by atoms with E-state index in [1.54, 1.807) is 18.2 Å². The highest BCUT2D eigenvalue weighted by Gasteiger charge is 2.12. The Balaban J connectivity index is 1.80. The molecular weight excluding hydrogens is 333 g/mol. The van der Waals surface area contributed by atoms with Gasteiger partial charge in [0.25, 0.3) is 0 Å². The van der Waals surface area contributed by atoms with Crippen LogP contribution in [-0.2, 0) is 4.79 Å². The number of rotatable bonds is 4. The molecule has 26 heavy (non-hydrogen) atoms. The summed E-state index contributed by atoms with van der Waals surface area (Å²) in [6.45, 7) is 7.57. The first-order chi connectivity index (χ1) is 12.3. The van der Waals surface area contributed by atoms with Crippen molar-refractivity contribution in [2.24, 2.45) is 0 Å². The second kappa shape index (κ2) is 7.00. The van der Waals surface area contributed by atoms with Gasteiger partial charge in [0.15, 0.2) is 5.82 Å². The van der Waals surface area contributed by atoms with Crippen LogP contribution in [-0.4, -0.2) is 15.6 Å². The number of halogens is 1. The third-order valence-corrected chi connectivity index (χ3v) is 4.11. The molecule has 0 radical (unpaired) electrons. The van der Waals surface area contributed by atoms with Gasteiger partial charge in [0.05, 0.1) is 5.69 Å². The van der Waals surface area contributed by atoms with E-state index < -0.39 is 11.7 Å². The maximum Gasteiger partial charge on any atom is 0.248 e. The van der Waals surface area contributed by atoms with Crippen molar-refractivity contribution in [3.8, 4) is 5.82 Å². The Hall–Kier alpha value is -3.15. The van der Waals surface area contributed by atoms with E-state index in [4.69, 9.17) is 4.52 Å². The lowest BCUT2D eigenvalue weighted by Gasteiger charge is -2.05. The summed E-state index contributed by atoms with van der Waals surface area (Å²) in [7, 11) is 0. The van der Waals surface area contributed by atoms with E-state index in [1.807, 2.05) is 44.4 Å². The number of carbonyl (C=O) groups excluding carboxylic acids is 1. The molecule has 6 heteroatoms. The minimum Gasteiger partial charge on any atom is -0.360 e. The van der Waals surface area contributed by atoms with Crippen LogP contribution in [0, 0.1) is 33.5 Å². The normalized spacial score (nSPS) is 11.3. The summed E-state index contributed by atoms with van der Waals surface area (Å²) in [5.74, 6) is 0.570. The fraction of sp³-hybridized carbons (Fsp3) is 0.200. The van der Waals surface area contributed by atoms with Crippen LogP contribution in [0.25, 0.3) is 11.9 Å². The van der Waals surface area contributed by atoms with Crippen molar-refractivity contribution in [1.29, 1.82) is 0 Å². The van der Waals surface area contributed by atoms with Crippen LogP contribution in [0.1, 0.15) is 28.3 Å². The van der Waals surface area contributed by atoms with Crippen LogP contribution in [0.2, 0.25) is 0 Å². The largest absolute Gasteiger partial charge is 0.360 e. The molecule has 0 spiro atoms. The molecule has 0 bridgehead atoms. The van der Waals surface area contributed by atoms with Gasteiger partial charge >= 0.3 is 0 Å². The molecule has 0 aliphatic carbocycles. The summed E-state index contributed by atoms with van der Waals surface area (Å²) >= 11 is 0. The molecule has 2 heterocycles. The molecule has 134 valence electrons. The summed E-state index contributed by atoms with van der Waals surface area (Å²) in [5, 5.41) is 6.60. The SMILES string of the molecule is Cc1ccc(F)c(NC(=O)/C=C/c2cc(C)n(-c3cc(C)on3)c2C)c1. The van der Waals surface area contributed by atoms with Crippen molar-refractivity contribution in [3.05, 3.63) is 70.5 Å². The van der Waals surface area contributed by atoms with Gasteiger partial charge in [-0.2, -0.15) is 0 Å². The molecule has 0 saturated heterocycles. The third-order valence-electron chi connectivity index (χ3n) is 4.11. The monoisotopic (exact) mass is 353 g/mol. The number of aryl methyl sites for hydroxylation is 3. The Labute approximate surface area is 151 Å². The minimum absolute atomic E-state index is 0.170. The van der Waals surface area contributed by atoms with Crippen molar-refractivity contribution >= 4 is 17.7 Å². The molecule has 5 nitrogen and oxygen atoms in total. The van der Waals surface area contributed by atoms with Crippen molar-refractivity contribution in [3.63, 3.8) is 0 Å². The zero-order valence-electron chi connectivity index (χ0n) is 15.1. The molecule has 1 aromatic carbocycles. The number of carbonyl (C=O) groups is 1. The van der Waals surface area contributed by atoms with Crippen LogP contribution >= 0.6 is 0 Å². The molecule has 3 rings (SSSR count). The van der Waals surface area contributed by atoms with Gasteiger partial charge < -0.3 is 9.84 Å². The third kappa shape index (κ3) is 3.59. The number of anilines is 1. The molecule has 0 fully saturated rings. The molecule has 0 aliphatic heterocycles. The van der Waals surface area contributed by atoms with Crippen LogP contribution in [0.5, 0.6) is 0 Å². The molecule has 1 amide bonds. The van der Waals surface area contributed by atoms with E-state index in [-0.39, 0.29) is 5.69 Å². The number of hydrogen-bond donors (Lipinski definition) is 1. The number of nitrogens with one attached hydrogen (secondary N) is 1. The first kappa shape index (κ1) is 17.7. The van der Waals surface area contributed by atoms with Crippen molar-refractivity contribution in [1.82, 2.24) is 9.72 Å². The van der Waals surface area contributed by atoms with E-state index in [2.05, 4.69) is 10.5 Å². The predicted octanol–water partition coefficient (Wildman–Crippen LogP) is 4.49. The van der Waals surface area contributed by atoms with Gasteiger partial charge in [0.2, 0.25) is 5.91 Å². The van der Waals surface area contributed by atoms with Gasteiger partial charge in [-0.05, 0) is 63.1 Å². The molecule has 0 saturated carbocycles. The van der Waals surface area contributed by atoms with Gasteiger partial charge in [0, 0.05) is 23.5 Å². The van der Waals surface area contributed by atoms with Gasteiger partial charge in [-0.15, -0.1) is 0 Å². The Morgan fingerprint density at radius 2 is 1.96 bits per heavy atom. The maximum absolute atomic E-state index is 13.7. The van der Waals surface area contributed by atoms with Crippen molar-refractivity contribution < 1.29 is 13.7 Å². The second-order valence-electron chi connectivity index (χ2n) is 6.26. The summed E-state index contributed by atoms with van der Waals surface area (Å²) in [4.78, 5) is 12.1. The van der Waals surface area contributed by atoms with Gasteiger partial charge in [-0.25, -0.2) is 4.39 Å². The van der Waals surface area contributed by atoms with Gasteiger partial charge in [-0.3, -0.25) is 9.36 Å². The number of benzene rings is 1. The highest BCUT2D eigenvalue weighted by atomic mass is 19.1. The summed E-state index contributed by atoms with van der Waals surface area (Å²) < 4.78 is 20.8. The Kier molecular flexibility index (Phi) is 4.75. The highest BCUT2D eigenvalue weighted by molar-refractivity contribution is 6.02. The standard InChI is InChI=1S/C20H20FN3O2/c1-12-5-7-17(21)18(9-12)22-20(25)8-6-16-10-13(2)24(15(16)4)19-11-14(3)26-23-19/h5-11H,1-4H3,(H,22,25)/b8-6+. The highest BCUT2D eigenvalue weighted by Crippen LogP contribution is 2.22. The smallest absolute Gasteiger partial charge is 0.248 e. The lowest BCUT2D eigenvalue weighted by Crippen LogP contribution is -2.09. The number of nitrogens with zero attached hydrogens (tertiary/aromatic N) is 2. The van der Waals surface area contributed by atoms with E-state index >= 15 is 0 Å².